The van der Waals surface area contributed by atoms with E-state index in [1.165, 1.54) is 0 Å². The summed E-state index contributed by atoms with van der Waals surface area (Å²) >= 11 is 5.83. The number of nitrogens with one attached hydrogen (secondary N) is 2. The van der Waals surface area contributed by atoms with E-state index in [1.54, 1.807) is 36.2 Å². The molecule has 6 heteroatoms. The smallest absolute Gasteiger partial charge is 0.239 e. The largest absolute Gasteiger partial charge is 0.344 e. The van der Waals surface area contributed by atoms with Gasteiger partial charge in [0.25, 0.3) is 0 Å². The molecule has 102 valence electrons. The Labute approximate surface area is 116 Å². The van der Waals surface area contributed by atoms with Crippen LogP contribution in [0.5, 0.6) is 0 Å². The van der Waals surface area contributed by atoms with Crippen molar-refractivity contribution in [3.63, 3.8) is 0 Å². The highest BCUT2D eigenvalue weighted by Crippen LogP contribution is 2.14. The third-order valence-electron chi connectivity index (χ3n) is 3.04. The number of likely N-dealkylation sites (tertiary alicyclic amines) is 1. The van der Waals surface area contributed by atoms with E-state index in [0.717, 1.165) is 13.0 Å². The van der Waals surface area contributed by atoms with Crippen LogP contribution in [-0.4, -0.2) is 42.9 Å². The van der Waals surface area contributed by atoms with Crippen molar-refractivity contribution in [1.82, 2.24) is 10.2 Å². The fourth-order valence-electron chi connectivity index (χ4n) is 2.00. The molecule has 2 N–H and O–H groups in total. The van der Waals surface area contributed by atoms with Crippen molar-refractivity contribution in [1.29, 1.82) is 0 Å². The molecule has 1 aromatic rings. The molecule has 2 rings (SSSR count). The van der Waals surface area contributed by atoms with Crippen LogP contribution in [0.2, 0.25) is 5.02 Å². The highest BCUT2D eigenvalue weighted by atomic mass is 35.5. The first-order chi connectivity index (χ1) is 9.06. The minimum atomic E-state index is -0.255. The fraction of sp³-hybridized carbons (Fsp3) is 0.385. The van der Waals surface area contributed by atoms with Gasteiger partial charge >= 0.3 is 0 Å². The summed E-state index contributed by atoms with van der Waals surface area (Å²) in [6.45, 7) is 0.836. The van der Waals surface area contributed by atoms with Gasteiger partial charge in [-0.15, -0.1) is 0 Å². The Bertz CT molecular complexity index is 493. The van der Waals surface area contributed by atoms with E-state index < -0.39 is 0 Å². The van der Waals surface area contributed by atoms with E-state index in [1.807, 2.05) is 0 Å². The van der Waals surface area contributed by atoms with Gasteiger partial charge in [0.2, 0.25) is 11.8 Å². The van der Waals surface area contributed by atoms with Crippen LogP contribution < -0.4 is 10.6 Å². The Balaban J connectivity index is 1.81. The first-order valence-electron chi connectivity index (χ1n) is 6.10. The van der Waals surface area contributed by atoms with Crippen molar-refractivity contribution >= 4 is 29.1 Å². The minimum Gasteiger partial charge on any atom is -0.344 e. The zero-order chi connectivity index (χ0) is 13.8. The van der Waals surface area contributed by atoms with Crippen LogP contribution in [-0.2, 0) is 9.59 Å². The average Bonchev–Trinajstić information content (AvgIpc) is 2.68. The maximum absolute atomic E-state index is 11.7. The van der Waals surface area contributed by atoms with E-state index in [2.05, 4.69) is 10.6 Å². The highest BCUT2D eigenvalue weighted by Gasteiger charge is 2.28. The Kier molecular flexibility index (Phi) is 4.39. The summed E-state index contributed by atoms with van der Waals surface area (Å²) in [4.78, 5) is 25.0. The number of anilines is 1. The van der Waals surface area contributed by atoms with Gasteiger partial charge in [-0.1, -0.05) is 17.7 Å². The predicted molar refractivity (Wildman–Crippen MR) is 74.1 cm³/mol. The zero-order valence-electron chi connectivity index (χ0n) is 10.6. The molecule has 1 unspecified atom stereocenters. The van der Waals surface area contributed by atoms with Gasteiger partial charge in [-0.2, -0.15) is 0 Å². The molecule has 1 aromatic carbocycles. The molecule has 1 atom stereocenters. The van der Waals surface area contributed by atoms with Crippen molar-refractivity contribution in [2.45, 2.75) is 12.5 Å². The Morgan fingerprint density at radius 2 is 2.32 bits per heavy atom. The van der Waals surface area contributed by atoms with Crippen LogP contribution in [0.25, 0.3) is 0 Å². The quantitative estimate of drug-likeness (QED) is 0.869. The monoisotopic (exact) mass is 281 g/mol. The van der Waals surface area contributed by atoms with Gasteiger partial charge in [0, 0.05) is 24.3 Å². The summed E-state index contributed by atoms with van der Waals surface area (Å²) in [5.41, 5.74) is 0.647. The number of carbonyl (C=O) groups is 2. The molecular formula is C13H16ClN3O2. The van der Waals surface area contributed by atoms with Gasteiger partial charge in [-0.3, -0.25) is 14.9 Å². The average molecular weight is 282 g/mol. The molecule has 0 saturated carbocycles. The molecule has 1 aliphatic heterocycles. The molecule has 0 radical (unpaired) electrons. The lowest BCUT2D eigenvalue weighted by molar-refractivity contribution is -0.128. The van der Waals surface area contributed by atoms with Gasteiger partial charge in [0.1, 0.15) is 0 Å². The fourth-order valence-corrected chi connectivity index (χ4v) is 2.19. The number of amides is 2. The van der Waals surface area contributed by atoms with Gasteiger partial charge in [-0.05, 0) is 24.6 Å². The number of carbonyl (C=O) groups excluding carboxylic acids is 2. The standard InChI is InChI=1S/C13H16ClN3O2/c1-17-6-5-11(13(17)19)15-8-12(18)16-10-4-2-3-9(14)7-10/h2-4,7,11,15H,5-6,8H2,1H3,(H,16,18). The van der Waals surface area contributed by atoms with E-state index in [9.17, 15) is 9.59 Å². The molecular weight excluding hydrogens is 266 g/mol. The highest BCUT2D eigenvalue weighted by molar-refractivity contribution is 6.30. The van der Waals surface area contributed by atoms with Crippen molar-refractivity contribution in [2.75, 3.05) is 25.5 Å². The lowest BCUT2D eigenvalue weighted by atomic mass is 10.2. The van der Waals surface area contributed by atoms with Crippen LogP contribution in [0, 0.1) is 0 Å². The summed E-state index contributed by atoms with van der Waals surface area (Å²) in [7, 11) is 1.76. The second-order valence-electron chi connectivity index (χ2n) is 4.54. The second kappa shape index (κ2) is 6.04. The van der Waals surface area contributed by atoms with Crippen molar-refractivity contribution in [3.05, 3.63) is 29.3 Å². The zero-order valence-corrected chi connectivity index (χ0v) is 11.4. The van der Waals surface area contributed by atoms with Crippen LogP contribution in [0.15, 0.2) is 24.3 Å². The lowest BCUT2D eigenvalue weighted by Gasteiger charge is -2.12. The third-order valence-corrected chi connectivity index (χ3v) is 3.28. The van der Waals surface area contributed by atoms with Crippen LogP contribution in [0.4, 0.5) is 5.69 Å². The molecule has 0 aliphatic carbocycles. The summed E-state index contributed by atoms with van der Waals surface area (Å²) in [5, 5.41) is 6.25. The summed E-state index contributed by atoms with van der Waals surface area (Å²) in [6.07, 6.45) is 0.736. The number of likely N-dealkylation sites (N-methyl/N-ethyl adjacent to an activating group) is 1. The number of hydrogen-bond acceptors (Lipinski definition) is 3. The Morgan fingerprint density at radius 3 is 2.95 bits per heavy atom. The van der Waals surface area contributed by atoms with Gasteiger partial charge < -0.3 is 10.2 Å². The Morgan fingerprint density at radius 1 is 1.53 bits per heavy atom. The summed E-state index contributed by atoms with van der Waals surface area (Å²) in [6, 6.07) is 6.69. The molecule has 5 nitrogen and oxygen atoms in total. The van der Waals surface area contributed by atoms with Crippen LogP contribution in [0.1, 0.15) is 6.42 Å². The van der Waals surface area contributed by atoms with Crippen LogP contribution in [0.3, 0.4) is 0 Å². The van der Waals surface area contributed by atoms with E-state index in [4.69, 9.17) is 11.6 Å². The maximum Gasteiger partial charge on any atom is 0.239 e. The van der Waals surface area contributed by atoms with E-state index in [-0.39, 0.29) is 24.4 Å². The summed E-state index contributed by atoms with van der Waals surface area (Å²) in [5.74, 6) is -0.153. The van der Waals surface area contributed by atoms with Crippen molar-refractivity contribution < 1.29 is 9.59 Å². The lowest BCUT2D eigenvalue weighted by Crippen LogP contribution is -2.41. The first kappa shape index (κ1) is 13.8. The minimum absolute atomic E-state index is 0.0376. The second-order valence-corrected chi connectivity index (χ2v) is 4.98. The predicted octanol–water partition coefficient (Wildman–Crippen LogP) is 1.10. The first-order valence-corrected chi connectivity index (χ1v) is 6.48. The Hall–Kier alpha value is -1.59. The van der Waals surface area contributed by atoms with E-state index >= 15 is 0 Å². The molecule has 2 amide bonds. The SMILES string of the molecule is CN1CCC(NCC(=O)Nc2cccc(Cl)c2)C1=O. The molecule has 1 heterocycles. The van der Waals surface area contributed by atoms with Gasteiger partial charge in [-0.25, -0.2) is 0 Å². The third kappa shape index (κ3) is 3.68. The molecule has 0 aromatic heterocycles. The molecule has 0 spiro atoms. The number of rotatable bonds is 4. The molecule has 1 fully saturated rings. The van der Waals surface area contributed by atoms with Crippen molar-refractivity contribution in [3.8, 4) is 0 Å². The molecule has 19 heavy (non-hydrogen) atoms. The molecule has 1 saturated heterocycles. The molecule has 0 bridgehead atoms. The molecule has 1 aliphatic rings. The normalized spacial score (nSPS) is 18.7. The van der Waals surface area contributed by atoms with Gasteiger partial charge in [0.15, 0.2) is 0 Å². The number of hydrogen-bond donors (Lipinski definition) is 2. The van der Waals surface area contributed by atoms with Crippen LogP contribution >= 0.6 is 11.6 Å². The number of benzene rings is 1. The van der Waals surface area contributed by atoms with Crippen molar-refractivity contribution in [2.24, 2.45) is 0 Å². The van der Waals surface area contributed by atoms with E-state index in [0.29, 0.717) is 10.7 Å². The summed E-state index contributed by atoms with van der Waals surface area (Å²) < 4.78 is 0. The van der Waals surface area contributed by atoms with Gasteiger partial charge in [0.05, 0.1) is 12.6 Å². The maximum atomic E-state index is 11.7. The number of nitrogens with zero attached hydrogens (tertiary/aromatic N) is 1. The topological polar surface area (TPSA) is 61.4 Å². The number of halogens is 1.